The molecule has 2 rings (SSSR count). The molecule has 1 saturated carbocycles. The van der Waals surface area contributed by atoms with Crippen LogP contribution >= 0.6 is 0 Å². The molecule has 4 nitrogen and oxygen atoms in total. The highest BCUT2D eigenvalue weighted by molar-refractivity contribution is 5.84. The first-order chi connectivity index (χ1) is 10.1. The third-order valence-electron chi connectivity index (χ3n) is 3.94. The van der Waals surface area contributed by atoms with Crippen molar-refractivity contribution < 1.29 is 19.4 Å². The lowest BCUT2D eigenvalue weighted by Gasteiger charge is -2.23. The summed E-state index contributed by atoms with van der Waals surface area (Å²) in [5.41, 5.74) is 2.15. The van der Waals surface area contributed by atoms with Crippen molar-refractivity contribution in [1.82, 2.24) is 0 Å². The van der Waals surface area contributed by atoms with Crippen molar-refractivity contribution in [2.45, 2.75) is 44.9 Å². The monoisotopic (exact) mass is 290 g/mol. The van der Waals surface area contributed by atoms with Gasteiger partial charge in [0.05, 0.1) is 7.11 Å². The lowest BCUT2D eigenvalue weighted by Crippen LogP contribution is -2.10. The van der Waals surface area contributed by atoms with Gasteiger partial charge in [0.1, 0.15) is 12.0 Å². The van der Waals surface area contributed by atoms with Gasteiger partial charge >= 0.3 is 5.97 Å². The highest BCUT2D eigenvalue weighted by Gasteiger charge is 2.18. The first kappa shape index (κ1) is 15.4. The summed E-state index contributed by atoms with van der Waals surface area (Å²) >= 11 is 0. The lowest BCUT2D eigenvalue weighted by molar-refractivity contribution is -0.135. The van der Waals surface area contributed by atoms with Crippen LogP contribution in [0.4, 0.5) is 0 Å². The molecule has 0 saturated heterocycles. The van der Waals surface area contributed by atoms with Crippen LogP contribution in [0.3, 0.4) is 0 Å². The first-order valence-electron chi connectivity index (χ1n) is 7.36. The Labute approximate surface area is 125 Å². The Hall–Kier alpha value is -1.97. The zero-order chi connectivity index (χ0) is 15.2. The second-order valence-corrected chi connectivity index (χ2v) is 5.48. The number of methoxy groups -OCH3 is 1. The zero-order valence-electron chi connectivity index (χ0n) is 12.6. The predicted octanol–water partition coefficient (Wildman–Crippen LogP) is 3.99. The van der Waals surface area contributed by atoms with Crippen molar-refractivity contribution in [3.63, 3.8) is 0 Å². The summed E-state index contributed by atoms with van der Waals surface area (Å²) < 4.78 is 10.3. The van der Waals surface area contributed by atoms with E-state index in [9.17, 15) is 4.79 Å². The van der Waals surface area contributed by atoms with Gasteiger partial charge in [-0.3, -0.25) is 0 Å². The van der Waals surface area contributed by atoms with E-state index in [1.54, 1.807) is 0 Å². The van der Waals surface area contributed by atoms with Gasteiger partial charge in [0.15, 0.2) is 0 Å². The van der Waals surface area contributed by atoms with Crippen LogP contribution in [0.5, 0.6) is 5.75 Å². The minimum Gasteiger partial charge on any atom is -0.500 e. The number of hydrogen-bond donors (Lipinski definition) is 1. The molecule has 4 heteroatoms. The van der Waals surface area contributed by atoms with Crippen LogP contribution in [-0.4, -0.2) is 18.2 Å². The number of benzene rings is 1. The Morgan fingerprint density at radius 2 is 2.00 bits per heavy atom. The molecule has 0 bridgehead atoms. The first-order valence-corrected chi connectivity index (χ1v) is 7.36. The fourth-order valence-corrected chi connectivity index (χ4v) is 2.76. The molecule has 1 aliphatic carbocycles. The maximum atomic E-state index is 11.1. The van der Waals surface area contributed by atoms with Crippen LogP contribution in [0.25, 0.3) is 0 Å². The standard InChI is InChI=1S/C17H22O4/c1-12-8-9-14(13-6-4-3-5-7-13)10-15(12)21-16(11-20-2)17(18)19/h8-11,13H,3-7H2,1-2H3,(H,18,19)/b16-11-. The molecule has 0 spiro atoms. The van der Waals surface area contributed by atoms with Gasteiger partial charge in [0.25, 0.3) is 0 Å². The molecule has 114 valence electrons. The molecule has 0 heterocycles. The van der Waals surface area contributed by atoms with Gasteiger partial charge in [-0.2, -0.15) is 0 Å². The molecular formula is C17H22O4. The van der Waals surface area contributed by atoms with Crippen molar-refractivity contribution >= 4 is 5.97 Å². The smallest absolute Gasteiger partial charge is 0.375 e. The van der Waals surface area contributed by atoms with E-state index in [2.05, 4.69) is 6.07 Å². The Kier molecular flexibility index (Phi) is 5.26. The average molecular weight is 290 g/mol. The van der Waals surface area contributed by atoms with Gasteiger partial charge < -0.3 is 14.6 Å². The summed E-state index contributed by atoms with van der Waals surface area (Å²) in [6.45, 7) is 1.91. The molecule has 0 unspecified atom stereocenters. The zero-order valence-corrected chi connectivity index (χ0v) is 12.6. The summed E-state index contributed by atoms with van der Waals surface area (Å²) in [7, 11) is 1.40. The van der Waals surface area contributed by atoms with Gasteiger partial charge in [-0.1, -0.05) is 31.4 Å². The molecule has 0 amide bonds. The van der Waals surface area contributed by atoms with Crippen molar-refractivity contribution in [2.75, 3.05) is 7.11 Å². The summed E-state index contributed by atoms with van der Waals surface area (Å²) in [5.74, 6) is -0.203. The summed E-state index contributed by atoms with van der Waals surface area (Å²) in [4.78, 5) is 11.1. The van der Waals surface area contributed by atoms with Gasteiger partial charge in [-0.05, 0) is 42.9 Å². The number of rotatable bonds is 5. The number of hydrogen-bond acceptors (Lipinski definition) is 3. The number of aryl methyl sites for hydroxylation is 1. The SMILES string of the molecule is CO/C=C(\Oc1cc(C2CCCCC2)ccc1C)C(=O)O. The molecular weight excluding hydrogens is 268 g/mol. The molecule has 0 atom stereocenters. The Bertz CT molecular complexity index is 528. The molecule has 1 N–H and O–H groups in total. The van der Waals surface area contributed by atoms with Crippen molar-refractivity contribution in [1.29, 1.82) is 0 Å². The molecule has 0 radical (unpaired) electrons. The Balaban J connectivity index is 2.22. The fourth-order valence-electron chi connectivity index (χ4n) is 2.76. The van der Waals surface area contributed by atoms with Crippen molar-refractivity contribution in [2.24, 2.45) is 0 Å². The van der Waals surface area contributed by atoms with Gasteiger partial charge in [-0.25, -0.2) is 4.79 Å². The lowest BCUT2D eigenvalue weighted by atomic mass is 9.84. The highest BCUT2D eigenvalue weighted by Crippen LogP contribution is 2.35. The van der Waals surface area contributed by atoms with Gasteiger partial charge in [0.2, 0.25) is 5.76 Å². The second-order valence-electron chi connectivity index (χ2n) is 5.48. The topological polar surface area (TPSA) is 55.8 Å². The minimum atomic E-state index is -1.14. The molecule has 0 aromatic heterocycles. The van der Waals surface area contributed by atoms with E-state index >= 15 is 0 Å². The summed E-state index contributed by atoms with van der Waals surface area (Å²) in [6.07, 6.45) is 7.34. The Morgan fingerprint density at radius 3 is 2.62 bits per heavy atom. The maximum absolute atomic E-state index is 11.1. The van der Waals surface area contributed by atoms with Crippen LogP contribution in [-0.2, 0) is 9.53 Å². The minimum absolute atomic E-state index is 0.207. The van der Waals surface area contributed by atoms with E-state index in [4.69, 9.17) is 14.6 Å². The van der Waals surface area contributed by atoms with E-state index in [-0.39, 0.29) is 5.76 Å². The van der Waals surface area contributed by atoms with Gasteiger partial charge in [0, 0.05) is 0 Å². The highest BCUT2D eigenvalue weighted by atomic mass is 16.5. The molecule has 21 heavy (non-hydrogen) atoms. The third-order valence-corrected chi connectivity index (χ3v) is 3.94. The largest absolute Gasteiger partial charge is 0.500 e. The number of carboxylic acid groups (broad SMARTS) is 1. The molecule has 1 aliphatic rings. The van der Waals surface area contributed by atoms with Crippen LogP contribution in [0.2, 0.25) is 0 Å². The van der Waals surface area contributed by atoms with E-state index in [1.807, 2.05) is 19.1 Å². The fraction of sp³-hybridized carbons (Fsp3) is 0.471. The quantitative estimate of drug-likeness (QED) is 0.658. The van der Waals surface area contributed by atoms with Crippen LogP contribution < -0.4 is 4.74 Å². The summed E-state index contributed by atoms with van der Waals surface area (Å²) in [5, 5.41) is 9.10. The normalized spacial score (nSPS) is 16.6. The average Bonchev–Trinajstić information content (AvgIpc) is 2.49. The van der Waals surface area contributed by atoms with Gasteiger partial charge in [-0.15, -0.1) is 0 Å². The predicted molar refractivity (Wildman–Crippen MR) is 80.4 cm³/mol. The van der Waals surface area contributed by atoms with E-state index in [1.165, 1.54) is 44.8 Å². The maximum Gasteiger partial charge on any atom is 0.375 e. The third kappa shape index (κ3) is 4.00. The molecule has 0 aliphatic heterocycles. The number of carbonyl (C=O) groups is 1. The Morgan fingerprint density at radius 1 is 1.29 bits per heavy atom. The van der Waals surface area contributed by atoms with E-state index in [0.29, 0.717) is 11.7 Å². The summed E-state index contributed by atoms with van der Waals surface area (Å²) in [6, 6.07) is 6.09. The number of ether oxygens (including phenoxy) is 2. The number of carboxylic acids is 1. The van der Waals surface area contributed by atoms with E-state index < -0.39 is 5.97 Å². The van der Waals surface area contributed by atoms with Crippen molar-refractivity contribution in [3.05, 3.63) is 41.3 Å². The molecule has 1 aromatic rings. The second kappa shape index (κ2) is 7.16. The van der Waals surface area contributed by atoms with Crippen LogP contribution in [0.15, 0.2) is 30.2 Å². The molecule has 1 fully saturated rings. The van der Waals surface area contributed by atoms with Crippen molar-refractivity contribution in [3.8, 4) is 5.75 Å². The molecule has 1 aromatic carbocycles. The van der Waals surface area contributed by atoms with E-state index in [0.717, 1.165) is 11.8 Å². The van der Waals surface area contributed by atoms with Crippen LogP contribution in [0.1, 0.15) is 49.1 Å². The van der Waals surface area contributed by atoms with Crippen LogP contribution in [0, 0.1) is 6.92 Å². The number of aliphatic carboxylic acids is 1.